The van der Waals surface area contributed by atoms with Crippen molar-refractivity contribution in [3.63, 3.8) is 0 Å². The average molecular weight is 264 g/mol. The van der Waals surface area contributed by atoms with Gasteiger partial charge in [0.25, 0.3) is 0 Å². The molecule has 3 rings (SSSR count). The molecule has 1 aliphatic heterocycles. The van der Waals surface area contributed by atoms with Gasteiger partial charge in [0.2, 0.25) is 5.88 Å². The van der Waals surface area contributed by atoms with E-state index in [2.05, 4.69) is 4.98 Å². The van der Waals surface area contributed by atoms with Gasteiger partial charge in [0.05, 0.1) is 13.2 Å². The summed E-state index contributed by atoms with van der Waals surface area (Å²) < 4.78 is 17.3. The Bertz CT molecular complexity index is 422. The summed E-state index contributed by atoms with van der Waals surface area (Å²) >= 11 is 0. The van der Waals surface area contributed by atoms with Crippen LogP contribution in [0.3, 0.4) is 0 Å². The molecule has 2 fully saturated rings. The number of nitrogens with two attached hydrogens (primary N) is 1. The van der Waals surface area contributed by atoms with Gasteiger partial charge in [-0.1, -0.05) is 0 Å². The van der Waals surface area contributed by atoms with Crippen LogP contribution >= 0.6 is 0 Å². The summed E-state index contributed by atoms with van der Waals surface area (Å²) in [6.45, 7) is 1.94. The van der Waals surface area contributed by atoms with Crippen molar-refractivity contribution in [1.82, 2.24) is 4.98 Å². The van der Waals surface area contributed by atoms with Crippen LogP contribution in [0.25, 0.3) is 0 Å². The SMILES string of the molecule is NCc1ccnc(OC2CCC3(CC2)OCCO3)c1. The molecule has 2 aliphatic rings. The van der Waals surface area contributed by atoms with E-state index >= 15 is 0 Å². The lowest BCUT2D eigenvalue weighted by Gasteiger charge is -2.35. The number of hydrogen-bond donors (Lipinski definition) is 1. The predicted octanol–water partition coefficient (Wildman–Crippen LogP) is 1.60. The summed E-state index contributed by atoms with van der Waals surface area (Å²) in [5.74, 6) is 0.337. The molecular weight excluding hydrogens is 244 g/mol. The van der Waals surface area contributed by atoms with Crippen molar-refractivity contribution in [2.75, 3.05) is 13.2 Å². The molecular formula is C14H20N2O3. The second kappa shape index (κ2) is 5.45. The Morgan fingerprint density at radius 1 is 1.32 bits per heavy atom. The van der Waals surface area contributed by atoms with E-state index in [1.54, 1.807) is 6.20 Å². The zero-order valence-corrected chi connectivity index (χ0v) is 11.0. The zero-order chi connectivity index (χ0) is 13.1. The van der Waals surface area contributed by atoms with Crippen molar-refractivity contribution in [1.29, 1.82) is 0 Å². The summed E-state index contributed by atoms with van der Waals surface area (Å²) in [6.07, 6.45) is 5.61. The highest BCUT2D eigenvalue weighted by Gasteiger charge is 2.40. The van der Waals surface area contributed by atoms with Crippen molar-refractivity contribution >= 4 is 0 Å². The highest BCUT2D eigenvalue weighted by molar-refractivity contribution is 5.20. The fourth-order valence-corrected chi connectivity index (χ4v) is 2.75. The molecule has 5 nitrogen and oxygen atoms in total. The lowest BCUT2D eigenvalue weighted by atomic mass is 9.92. The van der Waals surface area contributed by atoms with Gasteiger partial charge in [-0.3, -0.25) is 0 Å². The summed E-state index contributed by atoms with van der Waals surface area (Å²) in [7, 11) is 0. The Morgan fingerprint density at radius 2 is 2.05 bits per heavy atom. The van der Waals surface area contributed by atoms with E-state index < -0.39 is 0 Å². The number of aromatic nitrogens is 1. The van der Waals surface area contributed by atoms with Crippen molar-refractivity contribution in [3.05, 3.63) is 23.9 Å². The van der Waals surface area contributed by atoms with Gasteiger partial charge in [-0.25, -0.2) is 4.98 Å². The monoisotopic (exact) mass is 264 g/mol. The van der Waals surface area contributed by atoms with Crippen LogP contribution in [0.5, 0.6) is 5.88 Å². The molecule has 19 heavy (non-hydrogen) atoms. The number of hydrogen-bond acceptors (Lipinski definition) is 5. The molecule has 104 valence electrons. The van der Waals surface area contributed by atoms with Gasteiger partial charge < -0.3 is 19.9 Å². The molecule has 1 aromatic rings. The molecule has 1 saturated carbocycles. The molecule has 0 radical (unpaired) electrons. The minimum absolute atomic E-state index is 0.193. The molecule has 1 aromatic heterocycles. The van der Waals surface area contributed by atoms with Crippen LogP contribution in [0.15, 0.2) is 18.3 Å². The molecule has 0 amide bonds. The third kappa shape index (κ3) is 2.88. The Labute approximate surface area is 113 Å². The summed E-state index contributed by atoms with van der Waals surface area (Å²) in [5.41, 5.74) is 6.66. The van der Waals surface area contributed by atoms with Crippen molar-refractivity contribution < 1.29 is 14.2 Å². The molecule has 0 unspecified atom stereocenters. The molecule has 1 saturated heterocycles. The molecule has 2 N–H and O–H groups in total. The maximum absolute atomic E-state index is 5.92. The highest BCUT2D eigenvalue weighted by atomic mass is 16.7. The van der Waals surface area contributed by atoms with E-state index in [1.165, 1.54) is 0 Å². The maximum Gasteiger partial charge on any atom is 0.213 e. The minimum Gasteiger partial charge on any atom is -0.474 e. The molecule has 1 spiro atoms. The van der Waals surface area contributed by atoms with E-state index in [1.807, 2.05) is 12.1 Å². The smallest absolute Gasteiger partial charge is 0.213 e. The van der Waals surface area contributed by atoms with Crippen molar-refractivity contribution in [2.45, 2.75) is 44.1 Å². The van der Waals surface area contributed by atoms with Crippen molar-refractivity contribution in [3.8, 4) is 5.88 Å². The first kappa shape index (κ1) is 12.8. The lowest BCUT2D eigenvalue weighted by molar-refractivity contribution is -0.186. The van der Waals surface area contributed by atoms with Gasteiger partial charge in [0.1, 0.15) is 6.10 Å². The quantitative estimate of drug-likeness (QED) is 0.898. The number of ether oxygens (including phenoxy) is 3. The number of nitrogens with zero attached hydrogens (tertiary/aromatic N) is 1. The highest BCUT2D eigenvalue weighted by Crippen LogP contribution is 2.36. The largest absolute Gasteiger partial charge is 0.474 e. The Hall–Kier alpha value is -1.17. The molecule has 0 aromatic carbocycles. The van der Waals surface area contributed by atoms with Gasteiger partial charge in [0.15, 0.2) is 5.79 Å². The van der Waals surface area contributed by atoms with E-state index in [0.717, 1.165) is 31.2 Å². The van der Waals surface area contributed by atoms with Gasteiger partial charge in [0, 0.05) is 31.6 Å². The molecule has 1 aliphatic carbocycles. The van der Waals surface area contributed by atoms with Gasteiger partial charge >= 0.3 is 0 Å². The number of pyridine rings is 1. The maximum atomic E-state index is 5.92. The molecule has 0 atom stereocenters. The zero-order valence-electron chi connectivity index (χ0n) is 11.0. The third-order valence-corrected chi connectivity index (χ3v) is 3.83. The normalized spacial score (nSPS) is 22.8. The third-order valence-electron chi connectivity index (χ3n) is 3.83. The van der Waals surface area contributed by atoms with E-state index in [0.29, 0.717) is 25.6 Å². The summed E-state index contributed by atoms with van der Waals surface area (Å²) in [5, 5.41) is 0. The van der Waals surface area contributed by atoms with E-state index in [-0.39, 0.29) is 11.9 Å². The second-order valence-corrected chi connectivity index (χ2v) is 5.13. The standard InChI is InChI=1S/C14H20N2O3/c15-10-11-3-6-16-13(9-11)19-12-1-4-14(5-2-12)17-7-8-18-14/h3,6,9,12H,1-2,4-5,7-8,10,15H2. The van der Waals surface area contributed by atoms with E-state index in [9.17, 15) is 0 Å². The Balaban J connectivity index is 1.56. The predicted molar refractivity (Wildman–Crippen MR) is 69.6 cm³/mol. The van der Waals surface area contributed by atoms with Crippen LogP contribution in [0.1, 0.15) is 31.2 Å². The first-order valence-electron chi connectivity index (χ1n) is 6.89. The molecule has 0 bridgehead atoms. The van der Waals surface area contributed by atoms with Crippen LogP contribution in [0, 0.1) is 0 Å². The first-order chi connectivity index (χ1) is 9.30. The van der Waals surface area contributed by atoms with Gasteiger partial charge in [-0.15, -0.1) is 0 Å². The van der Waals surface area contributed by atoms with Crippen LogP contribution in [0.4, 0.5) is 0 Å². The Kier molecular flexibility index (Phi) is 3.68. The minimum atomic E-state index is -0.327. The average Bonchev–Trinajstić information content (AvgIpc) is 2.90. The number of rotatable bonds is 3. The second-order valence-electron chi connectivity index (χ2n) is 5.13. The topological polar surface area (TPSA) is 66.6 Å². The lowest BCUT2D eigenvalue weighted by Crippen LogP contribution is -2.38. The van der Waals surface area contributed by atoms with Crippen LogP contribution in [0.2, 0.25) is 0 Å². The van der Waals surface area contributed by atoms with Gasteiger partial charge in [-0.2, -0.15) is 0 Å². The Morgan fingerprint density at radius 3 is 2.74 bits per heavy atom. The summed E-state index contributed by atoms with van der Waals surface area (Å²) in [6, 6.07) is 3.82. The van der Waals surface area contributed by atoms with Gasteiger partial charge in [-0.05, 0) is 24.5 Å². The molecule has 2 heterocycles. The van der Waals surface area contributed by atoms with Crippen LogP contribution < -0.4 is 10.5 Å². The van der Waals surface area contributed by atoms with E-state index in [4.69, 9.17) is 19.9 Å². The summed E-state index contributed by atoms with van der Waals surface area (Å²) in [4.78, 5) is 4.23. The van der Waals surface area contributed by atoms with Crippen LogP contribution in [-0.4, -0.2) is 30.1 Å². The van der Waals surface area contributed by atoms with Crippen molar-refractivity contribution in [2.24, 2.45) is 5.73 Å². The fourth-order valence-electron chi connectivity index (χ4n) is 2.75. The first-order valence-corrected chi connectivity index (χ1v) is 6.89. The van der Waals surface area contributed by atoms with Crippen LogP contribution in [-0.2, 0) is 16.0 Å². The molecule has 5 heteroatoms. The fraction of sp³-hybridized carbons (Fsp3) is 0.643.